The van der Waals surface area contributed by atoms with Gasteiger partial charge in [0.2, 0.25) is 0 Å². The van der Waals surface area contributed by atoms with Crippen molar-refractivity contribution in [2.24, 2.45) is 0 Å². The van der Waals surface area contributed by atoms with Gasteiger partial charge in [-0.05, 0) is 12.1 Å². The Labute approximate surface area is 69.4 Å². The number of aldehydes is 1. The maximum atomic E-state index is 10.4. The van der Waals surface area contributed by atoms with Crippen molar-refractivity contribution in [1.29, 1.82) is 0 Å². The minimum Gasteiger partial charge on any atom is -0.373 e. The second-order valence-corrected chi connectivity index (χ2v) is 2.33. The van der Waals surface area contributed by atoms with E-state index in [9.17, 15) is 4.79 Å². The lowest BCUT2D eigenvalue weighted by Gasteiger charge is -2.01. The summed E-state index contributed by atoms with van der Waals surface area (Å²) in [4.78, 5) is 14.3. The van der Waals surface area contributed by atoms with Crippen LogP contribution in [0.1, 0.15) is 10.4 Å². The van der Waals surface area contributed by atoms with Crippen molar-refractivity contribution in [1.82, 2.24) is 4.98 Å². The largest absolute Gasteiger partial charge is 0.373 e. The number of aromatic nitrogens is 1. The van der Waals surface area contributed by atoms with E-state index >= 15 is 0 Å². The Hall–Kier alpha value is -1.09. The molecule has 0 radical (unpaired) electrons. The van der Waals surface area contributed by atoms with E-state index in [0.29, 0.717) is 16.5 Å². The summed E-state index contributed by atoms with van der Waals surface area (Å²) < 4.78 is 0. The lowest BCUT2D eigenvalue weighted by molar-refractivity contribution is 0.112. The van der Waals surface area contributed by atoms with Gasteiger partial charge >= 0.3 is 0 Å². The van der Waals surface area contributed by atoms with Crippen LogP contribution < -0.4 is 5.32 Å². The molecule has 0 saturated carbocycles. The molecule has 0 amide bonds. The average Bonchev–Trinajstić information content (AvgIpc) is 2.04. The van der Waals surface area contributed by atoms with Gasteiger partial charge in [0.15, 0.2) is 6.29 Å². The van der Waals surface area contributed by atoms with E-state index in [4.69, 9.17) is 11.6 Å². The number of pyridine rings is 1. The molecule has 0 bridgehead atoms. The van der Waals surface area contributed by atoms with Crippen LogP contribution in [0.4, 0.5) is 5.82 Å². The number of anilines is 1. The lowest BCUT2D eigenvalue weighted by Crippen LogP contribution is -1.97. The molecule has 0 unspecified atom stereocenters. The fraction of sp³-hybridized carbons (Fsp3) is 0.143. The van der Waals surface area contributed by atoms with Crippen LogP contribution in [0, 0.1) is 0 Å². The molecule has 1 heterocycles. The van der Waals surface area contributed by atoms with Crippen molar-refractivity contribution < 1.29 is 4.79 Å². The molecule has 58 valence electrons. The Morgan fingerprint density at radius 2 is 2.36 bits per heavy atom. The van der Waals surface area contributed by atoms with Crippen molar-refractivity contribution in [2.45, 2.75) is 0 Å². The Morgan fingerprint density at radius 1 is 1.64 bits per heavy atom. The smallest absolute Gasteiger partial charge is 0.153 e. The van der Waals surface area contributed by atoms with E-state index in [0.717, 1.165) is 6.29 Å². The monoisotopic (exact) mass is 170 g/mol. The number of carbonyl (C=O) groups is 1. The number of hydrogen-bond acceptors (Lipinski definition) is 3. The zero-order valence-electron chi connectivity index (χ0n) is 5.97. The van der Waals surface area contributed by atoms with Crippen LogP contribution in [0.3, 0.4) is 0 Å². The summed E-state index contributed by atoms with van der Waals surface area (Å²) in [5.74, 6) is 0.507. The number of rotatable bonds is 2. The third-order valence-corrected chi connectivity index (χ3v) is 1.47. The third-order valence-electron chi connectivity index (χ3n) is 1.26. The first-order valence-corrected chi connectivity index (χ1v) is 3.45. The Kier molecular flexibility index (Phi) is 2.44. The fourth-order valence-electron chi connectivity index (χ4n) is 0.741. The normalized spacial score (nSPS) is 9.27. The van der Waals surface area contributed by atoms with Crippen LogP contribution in [0.15, 0.2) is 12.1 Å². The number of hydrogen-bond donors (Lipinski definition) is 1. The molecule has 1 aromatic heterocycles. The van der Waals surface area contributed by atoms with Gasteiger partial charge in [-0.1, -0.05) is 11.6 Å². The van der Waals surface area contributed by atoms with Crippen molar-refractivity contribution in [3.63, 3.8) is 0 Å². The van der Waals surface area contributed by atoms with Crippen molar-refractivity contribution in [2.75, 3.05) is 12.4 Å². The van der Waals surface area contributed by atoms with Gasteiger partial charge in [0.1, 0.15) is 11.0 Å². The third kappa shape index (κ3) is 1.68. The first-order chi connectivity index (χ1) is 5.27. The highest BCUT2D eigenvalue weighted by molar-refractivity contribution is 6.29. The van der Waals surface area contributed by atoms with Crippen LogP contribution in [-0.4, -0.2) is 18.3 Å². The number of nitrogens with zero attached hydrogens (tertiary/aromatic N) is 1. The summed E-state index contributed by atoms with van der Waals surface area (Å²) in [6.07, 6.45) is 0.731. The summed E-state index contributed by atoms with van der Waals surface area (Å²) in [5.41, 5.74) is 0.511. The summed E-state index contributed by atoms with van der Waals surface area (Å²) >= 11 is 5.59. The molecule has 11 heavy (non-hydrogen) atoms. The van der Waals surface area contributed by atoms with E-state index in [1.165, 1.54) is 0 Å². The van der Waals surface area contributed by atoms with E-state index < -0.39 is 0 Å². The molecule has 1 aromatic rings. The predicted molar refractivity (Wildman–Crippen MR) is 44.2 cm³/mol. The van der Waals surface area contributed by atoms with Crippen LogP contribution in [0.2, 0.25) is 5.15 Å². The molecular weight excluding hydrogens is 164 g/mol. The van der Waals surface area contributed by atoms with Crippen molar-refractivity contribution >= 4 is 23.7 Å². The molecular formula is C7H7ClN2O. The molecule has 0 atom stereocenters. The van der Waals surface area contributed by atoms with Gasteiger partial charge in [0.05, 0.1) is 5.56 Å². The molecule has 0 aliphatic rings. The molecule has 0 saturated heterocycles. The van der Waals surface area contributed by atoms with Crippen LogP contribution in [0.25, 0.3) is 0 Å². The molecule has 0 aromatic carbocycles. The SMILES string of the molecule is CNc1nc(Cl)ccc1C=O. The fourth-order valence-corrected chi connectivity index (χ4v) is 0.889. The molecule has 0 aliphatic carbocycles. The van der Waals surface area contributed by atoms with Gasteiger partial charge < -0.3 is 5.32 Å². The van der Waals surface area contributed by atoms with E-state index in [1.54, 1.807) is 19.2 Å². The van der Waals surface area contributed by atoms with Crippen molar-refractivity contribution in [3.05, 3.63) is 22.8 Å². The minimum absolute atomic E-state index is 0.375. The second-order valence-electron chi connectivity index (χ2n) is 1.94. The molecule has 1 rings (SSSR count). The molecule has 3 nitrogen and oxygen atoms in total. The highest BCUT2D eigenvalue weighted by Gasteiger charge is 2.00. The van der Waals surface area contributed by atoms with Crippen LogP contribution in [0.5, 0.6) is 0 Å². The van der Waals surface area contributed by atoms with E-state index in [1.807, 2.05) is 0 Å². The topological polar surface area (TPSA) is 42.0 Å². The quantitative estimate of drug-likeness (QED) is 0.542. The van der Waals surface area contributed by atoms with Gasteiger partial charge in [-0.25, -0.2) is 4.98 Å². The average molecular weight is 171 g/mol. The number of carbonyl (C=O) groups excluding carboxylic acids is 1. The zero-order chi connectivity index (χ0) is 8.27. The summed E-state index contributed by atoms with van der Waals surface area (Å²) in [7, 11) is 1.69. The van der Waals surface area contributed by atoms with Gasteiger partial charge in [0, 0.05) is 7.05 Å². The zero-order valence-corrected chi connectivity index (χ0v) is 6.72. The highest BCUT2D eigenvalue weighted by atomic mass is 35.5. The molecule has 0 fully saturated rings. The van der Waals surface area contributed by atoms with Gasteiger partial charge in [-0.2, -0.15) is 0 Å². The number of halogens is 1. The number of nitrogens with one attached hydrogen (secondary N) is 1. The highest BCUT2D eigenvalue weighted by Crippen LogP contribution is 2.13. The molecule has 4 heteroatoms. The Morgan fingerprint density at radius 3 is 2.91 bits per heavy atom. The van der Waals surface area contributed by atoms with E-state index in [2.05, 4.69) is 10.3 Å². The first-order valence-electron chi connectivity index (χ1n) is 3.07. The minimum atomic E-state index is 0.375. The van der Waals surface area contributed by atoms with Gasteiger partial charge in [-0.15, -0.1) is 0 Å². The van der Waals surface area contributed by atoms with E-state index in [-0.39, 0.29) is 0 Å². The van der Waals surface area contributed by atoms with Gasteiger partial charge in [0.25, 0.3) is 0 Å². The Bertz CT molecular complexity index is 275. The lowest BCUT2D eigenvalue weighted by atomic mass is 10.3. The summed E-state index contributed by atoms with van der Waals surface area (Å²) in [6, 6.07) is 3.19. The molecule has 0 aliphatic heterocycles. The van der Waals surface area contributed by atoms with Crippen molar-refractivity contribution in [3.8, 4) is 0 Å². The first kappa shape index (κ1) is 8.01. The maximum Gasteiger partial charge on any atom is 0.153 e. The Balaban J connectivity index is 3.16. The molecule has 1 N–H and O–H groups in total. The van der Waals surface area contributed by atoms with Crippen LogP contribution in [-0.2, 0) is 0 Å². The summed E-state index contributed by atoms with van der Waals surface area (Å²) in [6.45, 7) is 0. The second kappa shape index (κ2) is 3.34. The summed E-state index contributed by atoms with van der Waals surface area (Å²) in [5, 5.41) is 3.14. The maximum absolute atomic E-state index is 10.4. The predicted octanol–water partition coefficient (Wildman–Crippen LogP) is 1.59. The van der Waals surface area contributed by atoms with Gasteiger partial charge in [-0.3, -0.25) is 4.79 Å². The van der Waals surface area contributed by atoms with Crippen LogP contribution >= 0.6 is 11.6 Å². The molecule has 0 spiro atoms. The standard InChI is InChI=1S/C7H7ClN2O/c1-9-7-5(4-11)2-3-6(8)10-7/h2-4H,1H3,(H,9,10).